The molecule has 112 valence electrons. The smallest absolute Gasteiger partial charge is 0.422 e. The summed E-state index contributed by atoms with van der Waals surface area (Å²) in [6.45, 7) is 0.692. The average Bonchev–Trinajstić information content (AvgIpc) is 2.36. The minimum Gasteiger partial charge on any atom is -0.468 e. The normalized spacial score (nSPS) is 12.8. The van der Waals surface area contributed by atoms with Crippen LogP contribution in [-0.4, -0.2) is 43.4 Å². The van der Waals surface area contributed by atoms with Crippen LogP contribution in [0.2, 0.25) is 0 Å². The van der Waals surface area contributed by atoms with E-state index in [1.165, 1.54) is 19.2 Å². The number of nitrogens with zero attached hydrogens (tertiary/aromatic N) is 1. The molecule has 5 nitrogen and oxygen atoms in total. The minimum atomic E-state index is -4.42. The number of alkyl halides is 3. The summed E-state index contributed by atoms with van der Waals surface area (Å²) in [7, 11) is 1.51. The Bertz CT molecular complexity index is 435. The molecule has 20 heavy (non-hydrogen) atoms. The number of hydrogen-bond donors (Lipinski definition) is 1. The van der Waals surface area contributed by atoms with Gasteiger partial charge in [0.1, 0.15) is 0 Å². The summed E-state index contributed by atoms with van der Waals surface area (Å²) in [5.74, 6) is -0.576. The number of ether oxygens (including phenoxy) is 2. The molecule has 0 bridgehead atoms. The van der Waals surface area contributed by atoms with Gasteiger partial charge in [-0.1, -0.05) is 0 Å². The molecule has 1 N–H and O–H groups in total. The van der Waals surface area contributed by atoms with Gasteiger partial charge in [0, 0.05) is 25.4 Å². The lowest BCUT2D eigenvalue weighted by molar-refractivity contribution is -0.154. The second kappa shape index (κ2) is 7.09. The molecule has 0 fully saturated rings. The van der Waals surface area contributed by atoms with Gasteiger partial charge in [-0.2, -0.15) is 13.2 Å². The zero-order valence-corrected chi connectivity index (χ0v) is 11.0. The van der Waals surface area contributed by atoms with E-state index in [1.807, 2.05) is 0 Å². The fraction of sp³-hybridized carbons (Fsp3) is 0.500. The van der Waals surface area contributed by atoms with Crippen molar-refractivity contribution in [2.75, 3.05) is 20.3 Å². The molecule has 1 atom stereocenters. The van der Waals surface area contributed by atoms with Crippen LogP contribution in [0.3, 0.4) is 0 Å². The summed E-state index contributed by atoms with van der Waals surface area (Å²) in [6, 6.07) is 2.36. The molecule has 1 aromatic rings. The van der Waals surface area contributed by atoms with Crippen molar-refractivity contribution < 1.29 is 27.4 Å². The summed E-state index contributed by atoms with van der Waals surface area (Å²) in [5, 5.41) is 2.65. The van der Waals surface area contributed by atoms with Crippen LogP contribution in [0.15, 0.2) is 18.3 Å². The zero-order chi connectivity index (χ0) is 15.2. The lowest BCUT2D eigenvalue weighted by atomic mass is 10.2. The van der Waals surface area contributed by atoms with Crippen molar-refractivity contribution in [2.45, 2.75) is 19.1 Å². The van der Waals surface area contributed by atoms with Gasteiger partial charge in [0.2, 0.25) is 5.88 Å². The largest absolute Gasteiger partial charge is 0.468 e. The molecule has 0 spiro atoms. The Balaban J connectivity index is 2.55. The van der Waals surface area contributed by atoms with Crippen LogP contribution >= 0.6 is 0 Å². The molecular weight excluding hydrogens is 277 g/mol. The van der Waals surface area contributed by atoms with Crippen molar-refractivity contribution in [1.29, 1.82) is 0 Å². The Morgan fingerprint density at radius 2 is 2.15 bits per heavy atom. The standard InChI is InChI=1S/C12H15F3N2O3/c1-8(6-19-2)17-11(18)9-3-4-10(16-5-9)20-7-12(13,14)15/h3-5,8H,6-7H2,1-2H3,(H,17,18). The predicted molar refractivity (Wildman–Crippen MR) is 64.6 cm³/mol. The molecule has 0 radical (unpaired) electrons. The molecule has 8 heteroatoms. The second-order valence-corrected chi connectivity index (χ2v) is 4.12. The van der Waals surface area contributed by atoms with Gasteiger partial charge < -0.3 is 14.8 Å². The van der Waals surface area contributed by atoms with Crippen molar-refractivity contribution in [1.82, 2.24) is 10.3 Å². The van der Waals surface area contributed by atoms with Gasteiger partial charge in [-0.05, 0) is 13.0 Å². The quantitative estimate of drug-likeness (QED) is 0.868. The molecule has 1 unspecified atom stereocenters. The van der Waals surface area contributed by atoms with E-state index in [1.54, 1.807) is 6.92 Å². The summed E-state index contributed by atoms with van der Waals surface area (Å²) < 4.78 is 45.1. The number of halogens is 3. The van der Waals surface area contributed by atoms with E-state index < -0.39 is 12.8 Å². The van der Waals surface area contributed by atoms with E-state index in [0.717, 1.165) is 6.20 Å². The van der Waals surface area contributed by atoms with Crippen molar-refractivity contribution in [2.24, 2.45) is 0 Å². The number of amides is 1. The Labute approximate surface area is 114 Å². The first kappa shape index (κ1) is 16.2. The lowest BCUT2D eigenvalue weighted by Gasteiger charge is -2.13. The summed E-state index contributed by atoms with van der Waals surface area (Å²) in [5.41, 5.74) is 0.229. The van der Waals surface area contributed by atoms with E-state index in [9.17, 15) is 18.0 Å². The molecule has 0 aliphatic heterocycles. The van der Waals surface area contributed by atoms with Crippen molar-refractivity contribution >= 4 is 5.91 Å². The van der Waals surface area contributed by atoms with Gasteiger partial charge in [-0.3, -0.25) is 4.79 Å². The summed E-state index contributed by atoms with van der Waals surface area (Å²) in [4.78, 5) is 15.4. The molecule has 0 aliphatic carbocycles. The van der Waals surface area contributed by atoms with Gasteiger partial charge in [0.25, 0.3) is 5.91 Å². The highest BCUT2D eigenvalue weighted by Gasteiger charge is 2.28. The van der Waals surface area contributed by atoms with Crippen LogP contribution in [-0.2, 0) is 4.74 Å². The monoisotopic (exact) mass is 292 g/mol. The Hall–Kier alpha value is -1.83. The molecular formula is C12H15F3N2O3. The number of methoxy groups -OCH3 is 1. The highest BCUT2D eigenvalue weighted by Crippen LogP contribution is 2.17. The molecule has 1 rings (SSSR count). The first-order chi connectivity index (χ1) is 9.31. The van der Waals surface area contributed by atoms with Crippen LogP contribution in [0.4, 0.5) is 13.2 Å². The molecule has 0 aliphatic rings. The van der Waals surface area contributed by atoms with Crippen LogP contribution in [0.25, 0.3) is 0 Å². The first-order valence-corrected chi connectivity index (χ1v) is 5.77. The fourth-order valence-electron chi connectivity index (χ4n) is 1.35. The molecule has 0 aromatic carbocycles. The maximum absolute atomic E-state index is 11.9. The number of rotatable bonds is 6. The van der Waals surface area contributed by atoms with E-state index in [-0.39, 0.29) is 23.4 Å². The number of pyridine rings is 1. The van der Waals surface area contributed by atoms with Gasteiger partial charge in [-0.25, -0.2) is 4.98 Å². The second-order valence-electron chi connectivity index (χ2n) is 4.12. The van der Waals surface area contributed by atoms with E-state index in [2.05, 4.69) is 15.0 Å². The summed E-state index contributed by atoms with van der Waals surface area (Å²) in [6.07, 6.45) is -3.27. The van der Waals surface area contributed by atoms with Crippen molar-refractivity contribution in [3.8, 4) is 5.88 Å². The van der Waals surface area contributed by atoms with Crippen LogP contribution in [0.1, 0.15) is 17.3 Å². The van der Waals surface area contributed by atoms with E-state index in [4.69, 9.17) is 4.74 Å². The zero-order valence-electron chi connectivity index (χ0n) is 11.0. The van der Waals surface area contributed by atoms with Crippen LogP contribution < -0.4 is 10.1 Å². The number of carbonyl (C=O) groups excluding carboxylic acids is 1. The van der Waals surface area contributed by atoms with Gasteiger partial charge in [0.05, 0.1) is 12.2 Å². The predicted octanol–water partition coefficient (Wildman–Crippen LogP) is 1.79. The van der Waals surface area contributed by atoms with Gasteiger partial charge in [-0.15, -0.1) is 0 Å². The Kier molecular flexibility index (Phi) is 5.75. The van der Waals surface area contributed by atoms with Crippen molar-refractivity contribution in [3.05, 3.63) is 23.9 Å². The first-order valence-electron chi connectivity index (χ1n) is 5.77. The van der Waals surface area contributed by atoms with Crippen LogP contribution in [0, 0.1) is 0 Å². The topological polar surface area (TPSA) is 60.5 Å². The lowest BCUT2D eigenvalue weighted by Crippen LogP contribution is -2.35. The SMILES string of the molecule is COCC(C)NC(=O)c1ccc(OCC(F)(F)F)nc1. The number of aromatic nitrogens is 1. The molecule has 0 saturated carbocycles. The molecule has 0 saturated heterocycles. The van der Waals surface area contributed by atoms with E-state index in [0.29, 0.717) is 6.61 Å². The number of carbonyl (C=O) groups is 1. The Morgan fingerprint density at radius 1 is 1.45 bits per heavy atom. The fourth-order valence-corrected chi connectivity index (χ4v) is 1.35. The maximum atomic E-state index is 11.9. The van der Waals surface area contributed by atoms with Crippen molar-refractivity contribution in [3.63, 3.8) is 0 Å². The number of nitrogens with one attached hydrogen (secondary N) is 1. The number of hydrogen-bond acceptors (Lipinski definition) is 4. The molecule has 1 aromatic heterocycles. The minimum absolute atomic E-state index is 0.186. The average molecular weight is 292 g/mol. The molecule has 1 heterocycles. The van der Waals surface area contributed by atoms with E-state index >= 15 is 0 Å². The van der Waals surface area contributed by atoms with Gasteiger partial charge >= 0.3 is 6.18 Å². The third kappa shape index (κ3) is 5.87. The summed E-state index contributed by atoms with van der Waals surface area (Å²) >= 11 is 0. The van der Waals surface area contributed by atoms with Gasteiger partial charge in [0.15, 0.2) is 6.61 Å². The maximum Gasteiger partial charge on any atom is 0.422 e. The Morgan fingerprint density at radius 3 is 2.65 bits per heavy atom. The third-order valence-corrected chi connectivity index (χ3v) is 2.18. The third-order valence-electron chi connectivity index (χ3n) is 2.18. The van der Waals surface area contributed by atoms with Crippen LogP contribution in [0.5, 0.6) is 5.88 Å². The molecule has 1 amide bonds. The highest BCUT2D eigenvalue weighted by atomic mass is 19.4. The highest BCUT2D eigenvalue weighted by molar-refractivity contribution is 5.94.